The molecule has 0 atom stereocenters. The number of nitrogens with zero attached hydrogens (tertiary/aromatic N) is 2. The van der Waals surface area contributed by atoms with Gasteiger partial charge in [0.1, 0.15) is 0 Å². The number of fused-ring (bicyclic) bond motifs is 1. The Kier molecular flexibility index (Phi) is 2.00. The first-order chi connectivity index (χ1) is 6.20. The highest BCUT2D eigenvalue weighted by atomic mass is 79.9. The van der Waals surface area contributed by atoms with Crippen LogP contribution in [0.3, 0.4) is 0 Å². The van der Waals surface area contributed by atoms with Crippen LogP contribution in [-0.2, 0) is 0 Å². The molecule has 0 unspecified atom stereocenters. The van der Waals surface area contributed by atoms with E-state index in [9.17, 15) is 0 Å². The summed E-state index contributed by atoms with van der Waals surface area (Å²) >= 11 is 3.47. The van der Waals surface area contributed by atoms with Crippen LogP contribution in [0.5, 0.6) is 0 Å². The van der Waals surface area contributed by atoms with Crippen LogP contribution in [0.1, 0.15) is 0 Å². The summed E-state index contributed by atoms with van der Waals surface area (Å²) in [5.74, 6) is 0.850. The van der Waals surface area contributed by atoms with Crippen LogP contribution in [0.4, 0.5) is 5.82 Å². The van der Waals surface area contributed by atoms with Gasteiger partial charge in [-0.2, -0.15) is 0 Å². The van der Waals surface area contributed by atoms with Gasteiger partial charge >= 0.3 is 0 Å². The van der Waals surface area contributed by atoms with Crippen molar-refractivity contribution < 1.29 is 4.52 Å². The van der Waals surface area contributed by atoms with Gasteiger partial charge < -0.3 is 9.42 Å². The SMILES string of the molecule is CN(C)c1noc2cccc(Br)c12. The van der Waals surface area contributed by atoms with Crippen molar-refractivity contribution in [2.45, 2.75) is 0 Å². The summed E-state index contributed by atoms with van der Waals surface area (Å²) in [6, 6.07) is 5.81. The fraction of sp³-hybridized carbons (Fsp3) is 0.222. The van der Waals surface area contributed by atoms with Gasteiger partial charge in [0.25, 0.3) is 0 Å². The molecule has 1 aromatic heterocycles. The molecule has 0 saturated heterocycles. The van der Waals surface area contributed by atoms with Crippen LogP contribution in [-0.4, -0.2) is 19.3 Å². The molecule has 0 aliphatic rings. The summed E-state index contributed by atoms with van der Waals surface area (Å²) in [6.07, 6.45) is 0. The van der Waals surface area contributed by atoms with Crippen molar-refractivity contribution in [3.05, 3.63) is 22.7 Å². The van der Waals surface area contributed by atoms with Gasteiger partial charge in [0, 0.05) is 18.6 Å². The zero-order chi connectivity index (χ0) is 9.42. The zero-order valence-corrected chi connectivity index (χ0v) is 9.00. The monoisotopic (exact) mass is 240 g/mol. The lowest BCUT2D eigenvalue weighted by Gasteiger charge is -2.07. The second-order valence-corrected chi connectivity index (χ2v) is 3.87. The van der Waals surface area contributed by atoms with Gasteiger partial charge in [0.05, 0.1) is 5.39 Å². The predicted molar refractivity (Wildman–Crippen MR) is 56.0 cm³/mol. The Bertz CT molecular complexity index is 436. The molecule has 2 rings (SSSR count). The summed E-state index contributed by atoms with van der Waals surface area (Å²) in [7, 11) is 3.88. The smallest absolute Gasteiger partial charge is 0.180 e. The van der Waals surface area contributed by atoms with Gasteiger partial charge in [0.2, 0.25) is 0 Å². The molecule has 1 aromatic carbocycles. The molecule has 0 aliphatic carbocycles. The highest BCUT2D eigenvalue weighted by Gasteiger charge is 2.11. The molecule has 2 aromatic rings. The van der Waals surface area contributed by atoms with Crippen LogP contribution in [0.15, 0.2) is 27.2 Å². The Hall–Kier alpha value is -1.03. The first kappa shape index (κ1) is 8.56. The fourth-order valence-corrected chi connectivity index (χ4v) is 1.77. The molecule has 0 fully saturated rings. The summed E-state index contributed by atoms with van der Waals surface area (Å²) in [5, 5.41) is 5.00. The number of hydrogen-bond acceptors (Lipinski definition) is 3. The standard InChI is InChI=1S/C9H9BrN2O/c1-12(2)9-8-6(10)4-3-5-7(8)13-11-9/h3-5H,1-2H3. The third-order valence-electron chi connectivity index (χ3n) is 1.85. The molecule has 0 bridgehead atoms. The molecule has 3 nitrogen and oxygen atoms in total. The predicted octanol–water partition coefficient (Wildman–Crippen LogP) is 2.66. The maximum atomic E-state index is 5.17. The summed E-state index contributed by atoms with van der Waals surface area (Å²) in [5.41, 5.74) is 0.804. The summed E-state index contributed by atoms with van der Waals surface area (Å²) in [4.78, 5) is 1.93. The molecule has 0 aliphatic heterocycles. The van der Waals surface area contributed by atoms with E-state index in [-0.39, 0.29) is 0 Å². The average molecular weight is 241 g/mol. The Morgan fingerprint density at radius 1 is 1.38 bits per heavy atom. The number of hydrogen-bond donors (Lipinski definition) is 0. The Morgan fingerprint density at radius 3 is 2.85 bits per heavy atom. The topological polar surface area (TPSA) is 29.3 Å². The van der Waals surface area contributed by atoms with E-state index in [4.69, 9.17) is 4.52 Å². The van der Waals surface area contributed by atoms with Gasteiger partial charge in [-0.15, -0.1) is 0 Å². The quantitative estimate of drug-likeness (QED) is 0.768. The van der Waals surface area contributed by atoms with Gasteiger partial charge in [-0.25, -0.2) is 0 Å². The van der Waals surface area contributed by atoms with Gasteiger partial charge in [-0.3, -0.25) is 0 Å². The van der Waals surface area contributed by atoms with E-state index < -0.39 is 0 Å². The number of aromatic nitrogens is 1. The molecular weight excluding hydrogens is 232 g/mol. The summed E-state index contributed by atoms with van der Waals surface area (Å²) < 4.78 is 6.18. The lowest BCUT2D eigenvalue weighted by atomic mass is 10.2. The molecule has 68 valence electrons. The second-order valence-electron chi connectivity index (χ2n) is 3.01. The van der Waals surface area contributed by atoms with Gasteiger partial charge in [0.15, 0.2) is 11.4 Å². The maximum Gasteiger partial charge on any atom is 0.180 e. The fourth-order valence-electron chi connectivity index (χ4n) is 1.24. The number of halogens is 1. The third-order valence-corrected chi connectivity index (χ3v) is 2.51. The van der Waals surface area contributed by atoms with Gasteiger partial charge in [-0.1, -0.05) is 11.2 Å². The number of rotatable bonds is 1. The van der Waals surface area contributed by atoms with Crippen LogP contribution < -0.4 is 4.90 Å². The van der Waals surface area contributed by atoms with Crippen LogP contribution >= 0.6 is 15.9 Å². The second kappa shape index (κ2) is 3.03. The van der Waals surface area contributed by atoms with Crippen molar-refractivity contribution in [1.29, 1.82) is 0 Å². The number of benzene rings is 1. The minimum Gasteiger partial charge on any atom is -0.359 e. The van der Waals surface area contributed by atoms with Crippen LogP contribution in [0, 0.1) is 0 Å². The number of anilines is 1. The lowest BCUT2D eigenvalue weighted by Crippen LogP contribution is -2.09. The maximum absolute atomic E-state index is 5.17. The lowest BCUT2D eigenvalue weighted by molar-refractivity contribution is 0.457. The third kappa shape index (κ3) is 1.31. The first-order valence-corrected chi connectivity index (χ1v) is 4.70. The summed E-state index contributed by atoms with van der Waals surface area (Å²) in [6.45, 7) is 0. The van der Waals surface area contributed by atoms with E-state index in [1.165, 1.54) is 0 Å². The van der Waals surface area contributed by atoms with Gasteiger partial charge in [-0.05, 0) is 28.1 Å². The van der Waals surface area contributed by atoms with Crippen LogP contribution in [0.25, 0.3) is 11.0 Å². The molecule has 4 heteroatoms. The van der Waals surface area contributed by atoms with E-state index >= 15 is 0 Å². The zero-order valence-electron chi connectivity index (χ0n) is 7.41. The van der Waals surface area contributed by atoms with Crippen molar-refractivity contribution in [3.63, 3.8) is 0 Å². The molecule has 0 N–H and O–H groups in total. The largest absolute Gasteiger partial charge is 0.359 e. The van der Waals surface area contributed by atoms with Crippen molar-refractivity contribution in [2.75, 3.05) is 19.0 Å². The minimum atomic E-state index is 0.804. The van der Waals surface area contributed by atoms with Crippen molar-refractivity contribution in [1.82, 2.24) is 5.16 Å². The Morgan fingerprint density at radius 2 is 2.15 bits per heavy atom. The first-order valence-electron chi connectivity index (χ1n) is 3.91. The highest BCUT2D eigenvalue weighted by Crippen LogP contribution is 2.31. The van der Waals surface area contributed by atoms with Crippen molar-refractivity contribution in [3.8, 4) is 0 Å². The Labute approximate surface area is 84.4 Å². The molecule has 13 heavy (non-hydrogen) atoms. The van der Waals surface area contributed by atoms with Crippen molar-refractivity contribution >= 4 is 32.7 Å². The molecule has 0 spiro atoms. The van der Waals surface area contributed by atoms with E-state index in [0.717, 1.165) is 21.3 Å². The molecule has 0 radical (unpaired) electrons. The average Bonchev–Trinajstić information content (AvgIpc) is 2.49. The van der Waals surface area contributed by atoms with E-state index in [2.05, 4.69) is 21.1 Å². The van der Waals surface area contributed by atoms with Crippen molar-refractivity contribution in [2.24, 2.45) is 0 Å². The molecule has 0 amide bonds. The Balaban J connectivity index is 2.79. The normalized spacial score (nSPS) is 10.7. The van der Waals surface area contributed by atoms with E-state index in [1.807, 2.05) is 37.2 Å². The van der Waals surface area contributed by atoms with E-state index in [1.54, 1.807) is 0 Å². The van der Waals surface area contributed by atoms with E-state index in [0.29, 0.717) is 0 Å². The van der Waals surface area contributed by atoms with Crippen LogP contribution in [0.2, 0.25) is 0 Å². The molecular formula is C9H9BrN2O. The highest BCUT2D eigenvalue weighted by molar-refractivity contribution is 9.10. The minimum absolute atomic E-state index is 0.804. The molecule has 0 saturated carbocycles. The molecule has 1 heterocycles.